The lowest BCUT2D eigenvalue weighted by molar-refractivity contribution is 0.0960. The third-order valence-electron chi connectivity index (χ3n) is 7.90. The highest BCUT2D eigenvalue weighted by Gasteiger charge is 2.21. The van der Waals surface area contributed by atoms with Gasteiger partial charge < -0.3 is 15.5 Å². The molecule has 0 aliphatic carbocycles. The lowest BCUT2D eigenvalue weighted by Gasteiger charge is -2.33. The zero-order valence-corrected chi connectivity index (χ0v) is 23.8. The number of anilines is 1. The zero-order valence-electron chi connectivity index (χ0n) is 23.8. The van der Waals surface area contributed by atoms with Crippen LogP contribution in [-0.2, 0) is 6.42 Å². The molecule has 0 unspecified atom stereocenters. The van der Waals surface area contributed by atoms with Gasteiger partial charge in [0.05, 0.1) is 23.0 Å². The molecule has 1 aliphatic heterocycles. The molecule has 212 valence electrons. The van der Waals surface area contributed by atoms with Crippen LogP contribution in [0.4, 0.5) is 10.2 Å². The smallest absolute Gasteiger partial charge is 0.254 e. The van der Waals surface area contributed by atoms with Crippen LogP contribution in [0.25, 0.3) is 22.2 Å². The van der Waals surface area contributed by atoms with Crippen LogP contribution in [0.5, 0.6) is 0 Å². The van der Waals surface area contributed by atoms with Crippen molar-refractivity contribution in [1.29, 1.82) is 0 Å². The van der Waals surface area contributed by atoms with E-state index in [9.17, 15) is 9.18 Å². The molecular weight excluding hydrogens is 517 g/mol. The summed E-state index contributed by atoms with van der Waals surface area (Å²) in [5.41, 5.74) is 5.52. The summed E-state index contributed by atoms with van der Waals surface area (Å²) in [5.74, 6) is 0.237. The molecule has 1 aromatic carbocycles. The van der Waals surface area contributed by atoms with Crippen molar-refractivity contribution in [2.24, 2.45) is 5.92 Å². The first-order valence-corrected chi connectivity index (χ1v) is 14.0. The lowest BCUT2D eigenvalue weighted by Crippen LogP contribution is -2.32. The maximum Gasteiger partial charge on any atom is 0.254 e. The van der Waals surface area contributed by atoms with Gasteiger partial charge >= 0.3 is 0 Å². The molecule has 1 atom stereocenters. The van der Waals surface area contributed by atoms with Crippen LogP contribution in [-0.4, -0.2) is 57.4 Å². The van der Waals surface area contributed by atoms with Crippen LogP contribution >= 0.6 is 0 Å². The molecule has 1 amide bonds. The average Bonchev–Trinajstić information content (AvgIpc) is 3.00. The van der Waals surface area contributed by atoms with Crippen LogP contribution in [0.15, 0.2) is 67.4 Å². The number of nitrogens with zero attached hydrogens (tertiary/aromatic N) is 5. The van der Waals surface area contributed by atoms with Crippen LogP contribution in [0.2, 0.25) is 0 Å². The minimum absolute atomic E-state index is 0.00717. The van der Waals surface area contributed by atoms with E-state index < -0.39 is 11.7 Å². The van der Waals surface area contributed by atoms with E-state index >= 15 is 0 Å². The molecule has 0 spiro atoms. The Morgan fingerprint density at radius 2 is 1.93 bits per heavy atom. The Bertz CT molecular complexity index is 1550. The predicted molar refractivity (Wildman–Crippen MR) is 160 cm³/mol. The average molecular weight is 554 g/mol. The number of hydrogen-bond acceptors (Lipinski definition) is 7. The van der Waals surface area contributed by atoms with E-state index in [1.165, 1.54) is 7.05 Å². The van der Waals surface area contributed by atoms with Crippen molar-refractivity contribution in [3.63, 3.8) is 0 Å². The topological polar surface area (TPSA) is 95.9 Å². The molecule has 5 rings (SSSR count). The van der Waals surface area contributed by atoms with Crippen LogP contribution in [0, 0.1) is 11.7 Å². The second kappa shape index (κ2) is 12.4. The van der Waals surface area contributed by atoms with Crippen molar-refractivity contribution in [2.75, 3.05) is 32.0 Å². The summed E-state index contributed by atoms with van der Waals surface area (Å²) in [5, 5.41) is 6.40. The summed E-state index contributed by atoms with van der Waals surface area (Å²) < 4.78 is 14.4. The van der Waals surface area contributed by atoms with Gasteiger partial charge in [-0.2, -0.15) is 0 Å². The number of nitrogens with one attached hydrogen (secondary N) is 2. The Kier molecular flexibility index (Phi) is 8.52. The number of carbonyl (C=O) groups is 1. The number of aromatic nitrogens is 4. The van der Waals surface area contributed by atoms with E-state index in [1.807, 2.05) is 24.4 Å². The molecule has 0 radical (unpaired) electrons. The number of benzene rings is 1. The number of allylic oxidation sites excluding steroid dienone is 1. The van der Waals surface area contributed by atoms with Crippen molar-refractivity contribution in [3.8, 4) is 11.3 Å². The quantitative estimate of drug-likeness (QED) is 0.279. The number of carbonyl (C=O) groups excluding carboxylic acids is 1. The lowest BCUT2D eigenvalue weighted by atomic mass is 9.91. The van der Waals surface area contributed by atoms with Crippen molar-refractivity contribution in [3.05, 3.63) is 90.0 Å². The highest BCUT2D eigenvalue weighted by molar-refractivity contribution is 6.06. The monoisotopic (exact) mass is 553 g/mol. The second-order valence-electron chi connectivity index (χ2n) is 10.8. The molecule has 9 heteroatoms. The Labute approximate surface area is 240 Å². The van der Waals surface area contributed by atoms with Gasteiger partial charge in [0, 0.05) is 67.2 Å². The third kappa shape index (κ3) is 6.34. The molecule has 0 saturated carbocycles. The summed E-state index contributed by atoms with van der Waals surface area (Å²) in [6, 6.07) is 11.6. The van der Waals surface area contributed by atoms with Gasteiger partial charge in [-0.15, -0.1) is 0 Å². The van der Waals surface area contributed by atoms with Gasteiger partial charge in [-0.3, -0.25) is 14.8 Å². The molecule has 8 nitrogen and oxygen atoms in total. The molecule has 0 bridgehead atoms. The van der Waals surface area contributed by atoms with Gasteiger partial charge in [0.25, 0.3) is 5.91 Å². The Balaban J connectivity index is 1.24. The maximum absolute atomic E-state index is 14.4. The van der Waals surface area contributed by atoms with Gasteiger partial charge in [0.2, 0.25) is 0 Å². The number of rotatable bonds is 9. The largest absolute Gasteiger partial charge is 0.376 e. The molecule has 4 heterocycles. The number of pyridine rings is 2. The molecular formula is C32H36FN7O. The highest BCUT2D eigenvalue weighted by Crippen LogP contribution is 2.28. The fourth-order valence-electron chi connectivity index (χ4n) is 5.47. The third-order valence-corrected chi connectivity index (χ3v) is 7.90. The predicted octanol–water partition coefficient (Wildman–Crippen LogP) is 5.59. The van der Waals surface area contributed by atoms with E-state index in [2.05, 4.69) is 63.0 Å². The van der Waals surface area contributed by atoms with Crippen molar-refractivity contribution < 1.29 is 9.18 Å². The molecule has 41 heavy (non-hydrogen) atoms. The van der Waals surface area contributed by atoms with Gasteiger partial charge in [-0.05, 0) is 49.8 Å². The first-order chi connectivity index (χ1) is 19.8. The number of likely N-dealkylation sites (tertiary alicyclic amines) is 1. The first-order valence-electron chi connectivity index (χ1n) is 14.0. The van der Waals surface area contributed by atoms with E-state index in [-0.39, 0.29) is 11.5 Å². The van der Waals surface area contributed by atoms with E-state index in [4.69, 9.17) is 4.98 Å². The maximum atomic E-state index is 14.4. The molecule has 1 saturated heterocycles. The highest BCUT2D eigenvalue weighted by atomic mass is 19.1. The van der Waals surface area contributed by atoms with Gasteiger partial charge in [-0.1, -0.05) is 31.7 Å². The second-order valence-corrected chi connectivity index (χ2v) is 10.8. The van der Waals surface area contributed by atoms with Crippen LogP contribution in [0.1, 0.15) is 54.2 Å². The minimum Gasteiger partial charge on any atom is -0.376 e. The fourth-order valence-corrected chi connectivity index (χ4v) is 5.47. The minimum atomic E-state index is -0.639. The van der Waals surface area contributed by atoms with Crippen molar-refractivity contribution >= 4 is 22.6 Å². The van der Waals surface area contributed by atoms with Crippen molar-refractivity contribution in [2.45, 2.75) is 39.0 Å². The zero-order chi connectivity index (χ0) is 28.9. The van der Waals surface area contributed by atoms with E-state index in [0.717, 1.165) is 66.8 Å². The summed E-state index contributed by atoms with van der Waals surface area (Å²) in [6.45, 7) is 10.9. The SMILES string of the molecule is C=C(C)N1CCC(Cc2ccc(-c3cc(NC[C@@H](C)c4cccc5c(C(=O)NC)c(F)cnc45)ncn3)cn2)CC1. The Morgan fingerprint density at radius 3 is 2.63 bits per heavy atom. The van der Waals surface area contributed by atoms with Crippen molar-refractivity contribution in [1.82, 2.24) is 30.2 Å². The number of piperidine rings is 1. The van der Waals surface area contributed by atoms with Gasteiger partial charge in [-0.25, -0.2) is 14.4 Å². The van der Waals surface area contributed by atoms with E-state index in [1.54, 1.807) is 12.4 Å². The van der Waals surface area contributed by atoms with Crippen LogP contribution < -0.4 is 10.6 Å². The van der Waals surface area contributed by atoms with E-state index in [0.29, 0.717) is 29.2 Å². The summed E-state index contributed by atoms with van der Waals surface area (Å²) in [6.07, 6.45) is 7.85. The summed E-state index contributed by atoms with van der Waals surface area (Å²) in [4.78, 5) is 32.6. The van der Waals surface area contributed by atoms with Gasteiger partial charge in [0.1, 0.15) is 12.1 Å². The fraction of sp³-hybridized carbons (Fsp3) is 0.344. The number of fused-ring (bicyclic) bond motifs is 1. The molecule has 2 N–H and O–H groups in total. The standard InChI is InChI=1S/C32H36FN7O/c1-20(2)40-12-10-22(11-13-40)14-24-9-8-23(17-35-24)28-15-29(39-19-38-28)36-16-21(3)25-6-5-7-26-30(32(41)34-4)27(33)18-37-31(25)26/h5-9,15,17-19,21-22H,1,10-14,16H2,2-4H3,(H,34,41)(H,36,38,39)/t21-/m1/s1. The molecule has 4 aromatic rings. The summed E-state index contributed by atoms with van der Waals surface area (Å²) in [7, 11) is 1.49. The number of amides is 1. The number of para-hydroxylation sites is 1. The Morgan fingerprint density at radius 1 is 1.12 bits per heavy atom. The summed E-state index contributed by atoms with van der Waals surface area (Å²) >= 11 is 0. The molecule has 1 aliphatic rings. The molecule has 3 aromatic heterocycles. The van der Waals surface area contributed by atoms with Crippen LogP contribution in [0.3, 0.4) is 0 Å². The molecule has 1 fully saturated rings. The van der Waals surface area contributed by atoms with Gasteiger partial charge in [0.15, 0.2) is 5.82 Å². The Hall–Kier alpha value is -4.40. The normalized spacial score (nSPS) is 14.6. The number of halogens is 1. The first kappa shape index (κ1) is 28.1. The number of hydrogen-bond donors (Lipinski definition) is 2.